The molecule has 1 fully saturated rings. The summed E-state index contributed by atoms with van der Waals surface area (Å²) in [5.74, 6) is 0.961. The zero-order valence-electron chi connectivity index (χ0n) is 16.8. The highest BCUT2D eigenvalue weighted by Crippen LogP contribution is 2.48. The molecule has 2 aromatic carbocycles. The number of aromatic nitrogens is 1. The fourth-order valence-electron chi connectivity index (χ4n) is 4.32. The topological polar surface area (TPSA) is 51.2 Å². The van der Waals surface area contributed by atoms with Gasteiger partial charge >= 0.3 is 0 Å². The number of carbonyl (C=O) groups excluding carboxylic acids is 1. The maximum Gasteiger partial charge on any atom is 0.230 e. The van der Waals surface area contributed by atoms with Crippen LogP contribution in [0.1, 0.15) is 29.5 Å². The zero-order valence-corrected chi connectivity index (χ0v) is 17.6. The number of carbonyl (C=O) groups is 1. The van der Waals surface area contributed by atoms with E-state index in [1.165, 1.54) is 0 Å². The normalized spacial score (nSPS) is 18.4. The van der Waals surface area contributed by atoms with Crippen LogP contribution < -0.4 is 10.1 Å². The molecule has 152 valence electrons. The van der Waals surface area contributed by atoms with Gasteiger partial charge in [-0.15, -0.1) is 0 Å². The number of nitrogens with zero attached hydrogens (tertiary/aromatic N) is 1. The summed E-state index contributed by atoms with van der Waals surface area (Å²) in [6, 6.07) is 17.8. The lowest BCUT2D eigenvalue weighted by atomic mass is 9.95. The zero-order chi connectivity index (χ0) is 20.7. The minimum absolute atomic E-state index is 0.0739. The SMILES string of the molecule is Cc1cccnc1-c1cccc2c1O[C@H](CNC(=O)C1(c3ccc(Cl)cc3)CC1)C2. The van der Waals surface area contributed by atoms with Crippen LogP contribution in [0.15, 0.2) is 60.8 Å². The summed E-state index contributed by atoms with van der Waals surface area (Å²) in [5.41, 5.74) is 4.86. The molecule has 1 amide bonds. The first-order chi connectivity index (χ1) is 14.6. The summed E-state index contributed by atoms with van der Waals surface area (Å²) in [4.78, 5) is 17.5. The molecule has 4 nitrogen and oxygen atoms in total. The number of aryl methyl sites for hydroxylation is 1. The highest BCUT2D eigenvalue weighted by Gasteiger charge is 2.51. The van der Waals surface area contributed by atoms with Crippen LogP contribution in [0.25, 0.3) is 11.3 Å². The highest BCUT2D eigenvalue weighted by molar-refractivity contribution is 6.30. The monoisotopic (exact) mass is 418 g/mol. The Balaban J connectivity index is 1.28. The Morgan fingerprint density at radius 3 is 2.70 bits per heavy atom. The first-order valence-corrected chi connectivity index (χ1v) is 10.7. The van der Waals surface area contributed by atoms with Crippen LogP contribution in [0, 0.1) is 6.92 Å². The second kappa shape index (κ2) is 7.44. The van der Waals surface area contributed by atoms with Gasteiger partial charge in [0, 0.05) is 23.2 Å². The van der Waals surface area contributed by atoms with E-state index in [4.69, 9.17) is 16.3 Å². The number of ether oxygens (including phenoxy) is 1. The van der Waals surface area contributed by atoms with Crippen LogP contribution in [0.2, 0.25) is 5.02 Å². The Morgan fingerprint density at radius 2 is 1.97 bits per heavy atom. The van der Waals surface area contributed by atoms with Gasteiger partial charge in [0.2, 0.25) is 5.91 Å². The molecule has 1 saturated carbocycles. The van der Waals surface area contributed by atoms with Crippen LogP contribution in [0.3, 0.4) is 0 Å². The lowest BCUT2D eigenvalue weighted by Gasteiger charge is -2.18. The van der Waals surface area contributed by atoms with Crippen molar-refractivity contribution < 1.29 is 9.53 Å². The van der Waals surface area contributed by atoms with E-state index in [9.17, 15) is 4.79 Å². The lowest BCUT2D eigenvalue weighted by Crippen LogP contribution is -2.40. The number of rotatable bonds is 5. The van der Waals surface area contributed by atoms with Crippen LogP contribution in [-0.4, -0.2) is 23.5 Å². The van der Waals surface area contributed by atoms with Crippen molar-refractivity contribution in [3.8, 4) is 17.0 Å². The van der Waals surface area contributed by atoms with E-state index in [0.29, 0.717) is 11.6 Å². The number of benzene rings is 2. The lowest BCUT2D eigenvalue weighted by molar-refractivity contribution is -0.123. The molecule has 5 heteroatoms. The average Bonchev–Trinajstić information content (AvgIpc) is 3.46. The van der Waals surface area contributed by atoms with Gasteiger partial charge in [-0.3, -0.25) is 9.78 Å². The third kappa shape index (κ3) is 3.35. The average molecular weight is 419 g/mol. The minimum atomic E-state index is -0.410. The van der Waals surface area contributed by atoms with Gasteiger partial charge in [-0.2, -0.15) is 0 Å². The van der Waals surface area contributed by atoms with Gasteiger partial charge in [-0.1, -0.05) is 41.9 Å². The molecule has 2 aliphatic rings. The molecule has 0 radical (unpaired) electrons. The van der Waals surface area contributed by atoms with Crippen molar-refractivity contribution in [1.82, 2.24) is 10.3 Å². The molecule has 2 heterocycles. The molecule has 3 aromatic rings. The Kier molecular flexibility index (Phi) is 4.75. The van der Waals surface area contributed by atoms with Crippen LogP contribution in [0.5, 0.6) is 5.75 Å². The molecule has 0 unspecified atom stereocenters. The van der Waals surface area contributed by atoms with E-state index < -0.39 is 5.41 Å². The van der Waals surface area contributed by atoms with E-state index in [2.05, 4.69) is 35.4 Å². The molecular weight excluding hydrogens is 396 g/mol. The first-order valence-electron chi connectivity index (χ1n) is 10.3. The van der Waals surface area contributed by atoms with Crippen molar-refractivity contribution >= 4 is 17.5 Å². The van der Waals surface area contributed by atoms with Gasteiger partial charge in [0.15, 0.2) is 0 Å². The summed E-state index contributed by atoms with van der Waals surface area (Å²) in [7, 11) is 0. The van der Waals surface area contributed by atoms with Crippen LogP contribution in [0.4, 0.5) is 0 Å². The van der Waals surface area contributed by atoms with E-state index in [-0.39, 0.29) is 12.0 Å². The van der Waals surface area contributed by atoms with Gasteiger partial charge in [0.1, 0.15) is 11.9 Å². The number of amides is 1. The number of nitrogens with one attached hydrogen (secondary N) is 1. The van der Waals surface area contributed by atoms with Gasteiger partial charge < -0.3 is 10.1 Å². The molecule has 5 rings (SSSR count). The van der Waals surface area contributed by atoms with E-state index in [0.717, 1.165) is 53.0 Å². The highest BCUT2D eigenvalue weighted by atomic mass is 35.5. The van der Waals surface area contributed by atoms with Gasteiger partial charge in [-0.05, 0) is 60.7 Å². The third-order valence-electron chi connectivity index (χ3n) is 6.16. The number of halogens is 1. The fraction of sp³-hybridized carbons (Fsp3) is 0.280. The number of fused-ring (bicyclic) bond motifs is 1. The molecule has 1 aliphatic carbocycles. The minimum Gasteiger partial charge on any atom is -0.487 e. The van der Waals surface area contributed by atoms with Gasteiger partial charge in [0.05, 0.1) is 17.7 Å². The Labute approximate surface area is 181 Å². The van der Waals surface area contributed by atoms with Crippen molar-refractivity contribution in [3.05, 3.63) is 82.5 Å². The molecule has 1 aliphatic heterocycles. The molecule has 0 spiro atoms. The smallest absolute Gasteiger partial charge is 0.230 e. The summed E-state index contributed by atoms with van der Waals surface area (Å²) >= 11 is 6.00. The summed E-state index contributed by atoms with van der Waals surface area (Å²) in [6.07, 6.45) is 4.25. The van der Waals surface area contributed by atoms with Crippen LogP contribution >= 0.6 is 11.6 Å². The van der Waals surface area contributed by atoms with E-state index in [1.54, 1.807) is 6.20 Å². The largest absolute Gasteiger partial charge is 0.487 e. The first kappa shape index (κ1) is 19.1. The van der Waals surface area contributed by atoms with Gasteiger partial charge in [-0.25, -0.2) is 0 Å². The van der Waals surface area contributed by atoms with Crippen molar-refractivity contribution in [2.24, 2.45) is 0 Å². The van der Waals surface area contributed by atoms with Crippen LogP contribution in [-0.2, 0) is 16.6 Å². The summed E-state index contributed by atoms with van der Waals surface area (Å²) in [6.45, 7) is 2.55. The summed E-state index contributed by atoms with van der Waals surface area (Å²) in [5, 5.41) is 3.82. The molecular formula is C25H23ClN2O2. The van der Waals surface area contributed by atoms with Crippen molar-refractivity contribution in [3.63, 3.8) is 0 Å². The number of para-hydroxylation sites is 1. The predicted molar refractivity (Wildman–Crippen MR) is 118 cm³/mol. The quantitative estimate of drug-likeness (QED) is 0.643. The van der Waals surface area contributed by atoms with Crippen molar-refractivity contribution in [2.75, 3.05) is 6.54 Å². The third-order valence-corrected chi connectivity index (χ3v) is 6.42. The number of pyridine rings is 1. The summed E-state index contributed by atoms with van der Waals surface area (Å²) < 4.78 is 6.28. The van der Waals surface area contributed by atoms with Crippen molar-refractivity contribution in [2.45, 2.75) is 37.7 Å². The molecule has 0 bridgehead atoms. The Morgan fingerprint density at radius 1 is 1.17 bits per heavy atom. The van der Waals surface area contributed by atoms with Gasteiger partial charge in [0.25, 0.3) is 0 Å². The van der Waals surface area contributed by atoms with E-state index >= 15 is 0 Å². The maximum atomic E-state index is 13.0. The second-order valence-corrected chi connectivity index (χ2v) is 8.64. The molecule has 1 atom stereocenters. The second-order valence-electron chi connectivity index (χ2n) is 8.21. The number of hydrogen-bond acceptors (Lipinski definition) is 3. The maximum absolute atomic E-state index is 13.0. The van der Waals surface area contributed by atoms with E-state index in [1.807, 2.05) is 36.4 Å². The molecule has 0 saturated heterocycles. The molecule has 1 N–H and O–H groups in total. The van der Waals surface area contributed by atoms with Crippen molar-refractivity contribution in [1.29, 1.82) is 0 Å². The standard InChI is InChI=1S/C25H23ClN2O2/c1-16-4-3-13-27-22(16)21-6-2-5-17-14-20(30-23(17)21)15-28-24(29)25(11-12-25)18-7-9-19(26)10-8-18/h2-10,13,20H,11-12,14-15H2,1H3,(H,28,29)/t20-/m0/s1. The molecule has 30 heavy (non-hydrogen) atoms. The molecule has 1 aromatic heterocycles. The Hall–Kier alpha value is -2.85. The number of hydrogen-bond donors (Lipinski definition) is 1. The fourth-order valence-corrected chi connectivity index (χ4v) is 4.45. The predicted octanol–water partition coefficient (Wildman–Crippen LogP) is 4.86. The Bertz CT molecular complexity index is 1110.